The molecule has 0 radical (unpaired) electrons. The number of ether oxygens (including phenoxy) is 1. The molecule has 6 nitrogen and oxygen atoms in total. The molecule has 1 saturated carbocycles. The zero-order chi connectivity index (χ0) is 18.6. The first-order valence-corrected chi connectivity index (χ1v) is 9.55. The Morgan fingerprint density at radius 3 is 2.73 bits per heavy atom. The molecular formula is C19H24N2O4S. The van der Waals surface area contributed by atoms with Crippen LogP contribution in [0.25, 0.3) is 0 Å². The maximum absolute atomic E-state index is 11.3. The SMILES string of the molecule is CON=C1CCCCC1(C)COc1ccc(Cc2sc(=O)[nH]c2O)cc1. The molecule has 1 fully saturated rings. The number of benzene rings is 1. The summed E-state index contributed by atoms with van der Waals surface area (Å²) in [6.07, 6.45) is 4.82. The number of aromatic amines is 1. The van der Waals surface area contributed by atoms with Crippen LogP contribution in [0.4, 0.5) is 0 Å². The van der Waals surface area contributed by atoms with Crippen LogP contribution in [-0.2, 0) is 11.3 Å². The molecule has 3 rings (SSSR count). The van der Waals surface area contributed by atoms with Crippen molar-refractivity contribution in [3.05, 3.63) is 44.4 Å². The number of hydrogen-bond donors (Lipinski definition) is 2. The summed E-state index contributed by atoms with van der Waals surface area (Å²) in [5.41, 5.74) is 1.98. The number of rotatable bonds is 6. The Bertz CT molecular complexity index is 825. The van der Waals surface area contributed by atoms with Crippen LogP contribution in [0.2, 0.25) is 0 Å². The molecule has 1 atom stereocenters. The topological polar surface area (TPSA) is 83.9 Å². The van der Waals surface area contributed by atoms with Crippen LogP contribution >= 0.6 is 11.3 Å². The van der Waals surface area contributed by atoms with Crippen molar-refractivity contribution in [2.45, 2.75) is 39.0 Å². The molecule has 1 aliphatic carbocycles. The summed E-state index contributed by atoms with van der Waals surface area (Å²) in [6.45, 7) is 2.74. The Hall–Kier alpha value is -2.28. The van der Waals surface area contributed by atoms with Gasteiger partial charge in [0.15, 0.2) is 0 Å². The van der Waals surface area contributed by atoms with Crippen LogP contribution in [0.1, 0.15) is 43.0 Å². The molecule has 0 amide bonds. The maximum atomic E-state index is 11.3. The summed E-state index contributed by atoms with van der Waals surface area (Å²) in [6, 6.07) is 7.74. The van der Waals surface area contributed by atoms with Gasteiger partial charge in [-0.05, 0) is 37.0 Å². The summed E-state index contributed by atoms with van der Waals surface area (Å²) < 4.78 is 6.02. The van der Waals surface area contributed by atoms with Crippen LogP contribution in [0.3, 0.4) is 0 Å². The number of aromatic nitrogens is 1. The van der Waals surface area contributed by atoms with E-state index < -0.39 is 0 Å². The van der Waals surface area contributed by atoms with E-state index in [1.165, 1.54) is 6.42 Å². The molecule has 140 valence electrons. The van der Waals surface area contributed by atoms with E-state index in [9.17, 15) is 9.90 Å². The lowest BCUT2D eigenvalue weighted by atomic mass is 9.74. The molecule has 1 aliphatic rings. The molecule has 1 unspecified atom stereocenters. The highest BCUT2D eigenvalue weighted by Gasteiger charge is 2.34. The number of nitrogens with one attached hydrogen (secondary N) is 1. The summed E-state index contributed by atoms with van der Waals surface area (Å²) in [5, 5.41) is 13.9. The van der Waals surface area contributed by atoms with Crippen LogP contribution in [0, 0.1) is 5.41 Å². The molecule has 2 N–H and O–H groups in total. The van der Waals surface area contributed by atoms with Crippen molar-refractivity contribution < 1.29 is 14.7 Å². The lowest BCUT2D eigenvalue weighted by molar-refractivity contribution is 0.173. The van der Waals surface area contributed by atoms with Crippen molar-refractivity contribution in [3.8, 4) is 11.6 Å². The third kappa shape index (κ3) is 4.27. The second-order valence-corrected chi connectivity index (χ2v) is 7.95. The molecule has 0 aliphatic heterocycles. The van der Waals surface area contributed by atoms with Crippen LogP contribution in [-0.4, -0.2) is 29.5 Å². The van der Waals surface area contributed by atoms with Gasteiger partial charge in [0.05, 0.1) is 17.2 Å². The molecule has 2 aromatic rings. The summed E-state index contributed by atoms with van der Waals surface area (Å²) in [4.78, 5) is 19.0. The zero-order valence-corrected chi connectivity index (χ0v) is 15.9. The number of hydrogen-bond acceptors (Lipinski definition) is 6. The van der Waals surface area contributed by atoms with E-state index in [-0.39, 0.29) is 16.2 Å². The number of oxime groups is 1. The largest absolute Gasteiger partial charge is 0.494 e. The first-order chi connectivity index (χ1) is 12.5. The van der Waals surface area contributed by atoms with E-state index in [1.807, 2.05) is 24.3 Å². The predicted molar refractivity (Wildman–Crippen MR) is 102 cm³/mol. The van der Waals surface area contributed by atoms with Gasteiger partial charge in [-0.1, -0.05) is 42.0 Å². The summed E-state index contributed by atoms with van der Waals surface area (Å²) in [7, 11) is 1.58. The fourth-order valence-corrected chi connectivity index (χ4v) is 4.04. The first-order valence-electron chi connectivity index (χ1n) is 8.73. The molecule has 26 heavy (non-hydrogen) atoms. The smallest absolute Gasteiger partial charge is 0.307 e. The van der Waals surface area contributed by atoms with Gasteiger partial charge < -0.3 is 14.7 Å². The maximum Gasteiger partial charge on any atom is 0.307 e. The van der Waals surface area contributed by atoms with E-state index in [0.29, 0.717) is 17.9 Å². The van der Waals surface area contributed by atoms with Gasteiger partial charge in [0.25, 0.3) is 0 Å². The standard InChI is InChI=1S/C19H24N2O4S/c1-19(10-4-3-5-16(19)21-24-2)12-25-14-8-6-13(7-9-14)11-15-17(22)20-18(23)26-15/h6-9,22H,3-5,10-12H2,1-2H3,(H,20,23). The highest BCUT2D eigenvalue weighted by atomic mass is 32.1. The molecule has 0 bridgehead atoms. The minimum absolute atomic E-state index is 0.0458. The zero-order valence-electron chi connectivity index (χ0n) is 15.1. The van der Waals surface area contributed by atoms with Gasteiger partial charge in [0.1, 0.15) is 12.9 Å². The van der Waals surface area contributed by atoms with Crippen molar-refractivity contribution in [2.24, 2.45) is 10.6 Å². The minimum Gasteiger partial charge on any atom is -0.494 e. The lowest BCUT2D eigenvalue weighted by Gasteiger charge is -2.34. The normalized spacial score (nSPS) is 21.7. The Balaban J connectivity index is 1.63. The third-order valence-electron chi connectivity index (χ3n) is 4.84. The summed E-state index contributed by atoms with van der Waals surface area (Å²) >= 11 is 1.03. The average Bonchev–Trinajstić information content (AvgIpc) is 2.94. The Morgan fingerprint density at radius 2 is 2.08 bits per heavy atom. The van der Waals surface area contributed by atoms with Crippen molar-refractivity contribution in [2.75, 3.05) is 13.7 Å². The lowest BCUT2D eigenvalue weighted by Crippen LogP contribution is -2.37. The van der Waals surface area contributed by atoms with Crippen molar-refractivity contribution in [1.29, 1.82) is 0 Å². The van der Waals surface area contributed by atoms with Gasteiger partial charge >= 0.3 is 4.87 Å². The van der Waals surface area contributed by atoms with Gasteiger partial charge in [-0.2, -0.15) is 0 Å². The second-order valence-electron chi connectivity index (χ2n) is 6.88. The molecule has 1 heterocycles. The Kier molecular flexibility index (Phi) is 5.66. The average molecular weight is 376 g/mol. The van der Waals surface area contributed by atoms with Crippen LogP contribution in [0.15, 0.2) is 34.2 Å². The molecule has 0 spiro atoms. The van der Waals surface area contributed by atoms with Crippen molar-refractivity contribution in [1.82, 2.24) is 4.98 Å². The Labute approximate surface area is 156 Å². The van der Waals surface area contributed by atoms with E-state index in [1.54, 1.807) is 7.11 Å². The van der Waals surface area contributed by atoms with Crippen LogP contribution in [0.5, 0.6) is 11.6 Å². The number of aromatic hydroxyl groups is 1. The number of nitrogens with zero attached hydrogens (tertiary/aromatic N) is 1. The van der Waals surface area contributed by atoms with Crippen LogP contribution < -0.4 is 9.61 Å². The van der Waals surface area contributed by atoms with Gasteiger partial charge in [-0.25, -0.2) is 0 Å². The number of H-pyrrole nitrogens is 1. The van der Waals surface area contributed by atoms with Gasteiger partial charge in [0.2, 0.25) is 5.88 Å². The summed E-state index contributed by atoms with van der Waals surface area (Å²) in [5.74, 6) is 0.749. The fourth-order valence-electron chi connectivity index (χ4n) is 3.28. The molecule has 7 heteroatoms. The monoisotopic (exact) mass is 376 g/mol. The first kappa shape index (κ1) is 18.5. The van der Waals surface area contributed by atoms with Crippen molar-refractivity contribution >= 4 is 17.0 Å². The number of thiazole rings is 1. The van der Waals surface area contributed by atoms with E-state index >= 15 is 0 Å². The molecule has 1 aromatic heterocycles. The third-order valence-corrected chi connectivity index (χ3v) is 5.71. The van der Waals surface area contributed by atoms with Gasteiger partial charge in [-0.3, -0.25) is 9.78 Å². The van der Waals surface area contributed by atoms with E-state index in [0.717, 1.165) is 47.6 Å². The molecule has 0 saturated heterocycles. The molecule has 1 aromatic carbocycles. The Morgan fingerprint density at radius 1 is 1.31 bits per heavy atom. The van der Waals surface area contributed by atoms with Gasteiger partial charge in [-0.15, -0.1) is 0 Å². The van der Waals surface area contributed by atoms with Crippen molar-refractivity contribution in [3.63, 3.8) is 0 Å². The quantitative estimate of drug-likeness (QED) is 0.753. The van der Waals surface area contributed by atoms with E-state index in [4.69, 9.17) is 9.57 Å². The second kappa shape index (κ2) is 7.95. The predicted octanol–water partition coefficient (Wildman–Crippen LogP) is 3.69. The van der Waals surface area contributed by atoms with Gasteiger partial charge in [0, 0.05) is 11.8 Å². The van der Waals surface area contributed by atoms with E-state index in [2.05, 4.69) is 17.1 Å². The fraction of sp³-hybridized carbons (Fsp3) is 0.474. The minimum atomic E-state index is -0.244. The highest BCUT2D eigenvalue weighted by molar-refractivity contribution is 7.09. The highest BCUT2D eigenvalue weighted by Crippen LogP contribution is 2.34. The molecular weight excluding hydrogens is 352 g/mol.